The van der Waals surface area contributed by atoms with Gasteiger partial charge in [0.2, 0.25) is 0 Å². The number of fused-ring (bicyclic) bond motifs is 5. The SMILES string of the molecule is CC(C)(O)CO[C@H]1CC[C@H]2[C@@H]3CC=C4C[C@@](C)(O)CC[C@]4(C)[C@H]3CC[C@]12C. The predicted molar refractivity (Wildman–Crippen MR) is 108 cm³/mol. The summed E-state index contributed by atoms with van der Waals surface area (Å²) in [7, 11) is 0. The van der Waals surface area contributed by atoms with Gasteiger partial charge < -0.3 is 14.9 Å². The molecule has 3 saturated carbocycles. The number of ether oxygens (including phenoxy) is 1. The molecule has 3 nitrogen and oxygen atoms in total. The van der Waals surface area contributed by atoms with Gasteiger partial charge in [0, 0.05) is 0 Å². The second-order valence-corrected chi connectivity index (χ2v) is 11.7. The van der Waals surface area contributed by atoms with Crippen LogP contribution >= 0.6 is 0 Å². The van der Waals surface area contributed by atoms with Crippen molar-refractivity contribution in [3.8, 4) is 0 Å². The van der Waals surface area contributed by atoms with Crippen molar-refractivity contribution >= 4 is 0 Å². The fourth-order valence-corrected chi connectivity index (χ4v) is 7.33. The number of aliphatic hydroxyl groups is 2. The van der Waals surface area contributed by atoms with Gasteiger partial charge in [-0.05, 0) is 101 Å². The highest BCUT2D eigenvalue weighted by atomic mass is 16.5. The Morgan fingerprint density at radius 3 is 2.52 bits per heavy atom. The molecule has 0 aromatic heterocycles. The van der Waals surface area contributed by atoms with Crippen molar-refractivity contribution in [2.24, 2.45) is 28.6 Å². The van der Waals surface area contributed by atoms with Gasteiger partial charge in [-0.15, -0.1) is 0 Å². The highest BCUT2D eigenvalue weighted by molar-refractivity contribution is 5.26. The maximum Gasteiger partial charge on any atom is 0.0824 e. The van der Waals surface area contributed by atoms with E-state index < -0.39 is 11.2 Å². The summed E-state index contributed by atoms with van der Waals surface area (Å²) in [5.41, 5.74) is 0.828. The van der Waals surface area contributed by atoms with Gasteiger partial charge in [-0.2, -0.15) is 0 Å². The van der Waals surface area contributed by atoms with Gasteiger partial charge in [-0.25, -0.2) is 0 Å². The minimum absolute atomic E-state index is 0.258. The lowest BCUT2D eigenvalue weighted by Crippen LogP contribution is -2.52. The Morgan fingerprint density at radius 1 is 1.07 bits per heavy atom. The van der Waals surface area contributed by atoms with Gasteiger partial charge in [0.25, 0.3) is 0 Å². The van der Waals surface area contributed by atoms with Crippen molar-refractivity contribution in [3.63, 3.8) is 0 Å². The van der Waals surface area contributed by atoms with Gasteiger partial charge in [0.05, 0.1) is 23.9 Å². The molecule has 4 aliphatic rings. The maximum absolute atomic E-state index is 10.6. The van der Waals surface area contributed by atoms with Crippen LogP contribution in [0.5, 0.6) is 0 Å². The normalized spacial score (nSPS) is 49.8. The zero-order valence-corrected chi connectivity index (χ0v) is 18.1. The Hall–Kier alpha value is -0.380. The third-order valence-electron chi connectivity index (χ3n) is 8.93. The zero-order chi connectivity index (χ0) is 19.7. The number of allylic oxidation sites excluding steroid dienone is 1. The highest BCUT2D eigenvalue weighted by Gasteiger charge is 2.59. The molecule has 0 aromatic carbocycles. The number of rotatable bonds is 3. The van der Waals surface area contributed by atoms with Crippen molar-refractivity contribution in [2.45, 2.75) is 103 Å². The summed E-state index contributed by atoms with van der Waals surface area (Å²) in [6.45, 7) is 11.1. The number of hydrogen-bond acceptors (Lipinski definition) is 3. The van der Waals surface area contributed by atoms with Gasteiger partial charge >= 0.3 is 0 Å². The Kier molecular flexibility index (Phi) is 4.65. The first-order valence-electron chi connectivity index (χ1n) is 11.2. The quantitative estimate of drug-likeness (QED) is 0.692. The van der Waals surface area contributed by atoms with Crippen molar-refractivity contribution in [2.75, 3.05) is 6.61 Å². The molecule has 2 N–H and O–H groups in total. The molecule has 4 rings (SSSR count). The topological polar surface area (TPSA) is 49.7 Å². The molecule has 0 amide bonds. The molecule has 0 heterocycles. The summed E-state index contributed by atoms with van der Waals surface area (Å²) in [6.07, 6.45) is 11.9. The molecule has 0 saturated heterocycles. The predicted octanol–water partition coefficient (Wildman–Crippen LogP) is 4.86. The minimum Gasteiger partial charge on any atom is -0.390 e. The minimum atomic E-state index is -0.749. The fraction of sp³-hybridized carbons (Fsp3) is 0.917. The smallest absolute Gasteiger partial charge is 0.0824 e. The van der Waals surface area contributed by atoms with E-state index in [-0.39, 0.29) is 5.41 Å². The monoisotopic (exact) mass is 376 g/mol. The van der Waals surface area contributed by atoms with Crippen LogP contribution in [0.1, 0.15) is 86.0 Å². The summed E-state index contributed by atoms with van der Waals surface area (Å²) >= 11 is 0. The van der Waals surface area contributed by atoms with Crippen LogP contribution in [0.25, 0.3) is 0 Å². The van der Waals surface area contributed by atoms with E-state index in [1.807, 2.05) is 20.8 Å². The second kappa shape index (κ2) is 6.31. The Labute approximate surface area is 165 Å². The molecule has 3 fully saturated rings. The molecule has 27 heavy (non-hydrogen) atoms. The van der Waals surface area contributed by atoms with E-state index in [9.17, 15) is 10.2 Å². The van der Waals surface area contributed by atoms with Gasteiger partial charge in [0.1, 0.15) is 0 Å². The lowest BCUT2D eigenvalue weighted by Gasteiger charge is -2.58. The standard InChI is InChI=1S/C24H40O3/c1-21(2,25)15-27-20-9-8-18-17-7-6-16-14-22(3,26)12-13-23(16,4)19(17)10-11-24(18,20)5/h6,17-20,25-26H,7-15H2,1-5H3/t17-,18-,19-,20-,22-,23-,24-/m0/s1. The van der Waals surface area contributed by atoms with Gasteiger partial charge in [0.15, 0.2) is 0 Å². The third-order valence-corrected chi connectivity index (χ3v) is 8.93. The van der Waals surface area contributed by atoms with Crippen LogP contribution < -0.4 is 0 Å². The summed E-state index contributed by atoms with van der Waals surface area (Å²) < 4.78 is 6.28. The van der Waals surface area contributed by atoms with E-state index in [0.717, 1.165) is 43.4 Å². The van der Waals surface area contributed by atoms with Crippen molar-refractivity contribution in [1.29, 1.82) is 0 Å². The Bertz CT molecular complexity index is 616. The first kappa shape index (κ1) is 19.9. The lowest BCUT2D eigenvalue weighted by atomic mass is 9.47. The van der Waals surface area contributed by atoms with Crippen molar-refractivity contribution in [1.82, 2.24) is 0 Å². The third kappa shape index (κ3) is 3.32. The highest BCUT2D eigenvalue weighted by Crippen LogP contribution is 2.65. The Morgan fingerprint density at radius 2 is 1.81 bits per heavy atom. The number of hydrogen-bond donors (Lipinski definition) is 2. The summed E-state index contributed by atoms with van der Waals surface area (Å²) in [4.78, 5) is 0. The van der Waals surface area contributed by atoms with E-state index in [0.29, 0.717) is 18.1 Å². The van der Waals surface area contributed by atoms with Crippen molar-refractivity contribution < 1.29 is 14.9 Å². The van der Waals surface area contributed by atoms with E-state index in [1.54, 1.807) is 0 Å². The molecule has 154 valence electrons. The van der Waals surface area contributed by atoms with Crippen LogP contribution in [0.15, 0.2) is 11.6 Å². The van der Waals surface area contributed by atoms with Crippen LogP contribution in [0.3, 0.4) is 0 Å². The van der Waals surface area contributed by atoms with E-state index >= 15 is 0 Å². The first-order valence-corrected chi connectivity index (χ1v) is 11.2. The molecule has 3 heteroatoms. The second-order valence-electron chi connectivity index (χ2n) is 11.7. The zero-order valence-electron chi connectivity index (χ0n) is 18.1. The largest absolute Gasteiger partial charge is 0.390 e. The molecule has 0 spiro atoms. The van der Waals surface area contributed by atoms with Gasteiger partial charge in [-0.1, -0.05) is 25.5 Å². The molecule has 0 bridgehead atoms. The van der Waals surface area contributed by atoms with E-state index in [4.69, 9.17) is 4.74 Å². The molecular formula is C24H40O3. The van der Waals surface area contributed by atoms with Crippen LogP contribution in [0.2, 0.25) is 0 Å². The summed E-state index contributed by atoms with van der Waals surface area (Å²) in [5, 5.41) is 20.7. The molecule has 7 atom stereocenters. The Balaban J connectivity index is 1.55. The summed E-state index contributed by atoms with van der Waals surface area (Å²) in [5.74, 6) is 2.26. The van der Waals surface area contributed by atoms with Crippen LogP contribution in [-0.4, -0.2) is 34.1 Å². The van der Waals surface area contributed by atoms with E-state index in [1.165, 1.54) is 31.3 Å². The molecule has 0 aromatic rings. The maximum atomic E-state index is 10.6. The van der Waals surface area contributed by atoms with Crippen LogP contribution in [0, 0.1) is 28.6 Å². The molecular weight excluding hydrogens is 336 g/mol. The van der Waals surface area contributed by atoms with E-state index in [2.05, 4.69) is 19.9 Å². The first-order chi connectivity index (χ1) is 12.4. The molecule has 0 unspecified atom stereocenters. The lowest BCUT2D eigenvalue weighted by molar-refractivity contribution is -0.122. The molecule has 4 aliphatic carbocycles. The average molecular weight is 377 g/mol. The molecule has 0 aliphatic heterocycles. The summed E-state index contributed by atoms with van der Waals surface area (Å²) in [6, 6.07) is 0. The van der Waals surface area contributed by atoms with Crippen LogP contribution in [0.4, 0.5) is 0 Å². The molecule has 0 radical (unpaired) electrons. The van der Waals surface area contributed by atoms with Crippen LogP contribution in [-0.2, 0) is 4.74 Å². The van der Waals surface area contributed by atoms with Crippen molar-refractivity contribution in [3.05, 3.63) is 11.6 Å². The van der Waals surface area contributed by atoms with Gasteiger partial charge in [-0.3, -0.25) is 0 Å². The fourth-order valence-electron chi connectivity index (χ4n) is 7.33. The average Bonchev–Trinajstić information content (AvgIpc) is 2.89.